The summed E-state index contributed by atoms with van der Waals surface area (Å²) < 4.78 is 36.0. The number of hydrogen-bond acceptors (Lipinski definition) is 6. The van der Waals surface area contributed by atoms with E-state index in [1.54, 1.807) is 0 Å². The van der Waals surface area contributed by atoms with Gasteiger partial charge in [-0.1, -0.05) is 72.8 Å². The van der Waals surface area contributed by atoms with E-state index in [0.29, 0.717) is 39.6 Å². The van der Waals surface area contributed by atoms with Gasteiger partial charge >= 0.3 is 17.2 Å². The normalized spacial score (nSPS) is 22.6. The van der Waals surface area contributed by atoms with Gasteiger partial charge in [0.25, 0.3) is 0 Å². The molecule has 2 aliphatic rings. The lowest BCUT2D eigenvalue weighted by molar-refractivity contribution is -0.0772. The van der Waals surface area contributed by atoms with Crippen LogP contribution in [0.5, 0.6) is 0 Å². The van der Waals surface area contributed by atoms with Crippen molar-refractivity contribution in [1.29, 1.82) is 0 Å². The standard InChI is InChI=1S/C35H30O6P2/c1-3-7-29-17-33-13-25(9-11-31(33)15-27(29)5-1)19-36-42-38-21-35(22-39-42)23-40-43(41-24-35)37-20-26-10-12-32-16-28-6-2-4-8-30(28)18-34(32)14-26/h1-18H,19-24H2. The van der Waals surface area contributed by atoms with Crippen molar-refractivity contribution < 1.29 is 27.1 Å². The molecule has 2 aliphatic heterocycles. The molecular weight excluding hydrogens is 578 g/mol. The average molecular weight is 609 g/mol. The Morgan fingerprint density at radius 1 is 0.442 bits per heavy atom. The highest BCUT2D eigenvalue weighted by molar-refractivity contribution is 7.42. The summed E-state index contributed by atoms with van der Waals surface area (Å²) in [5, 5.41) is 9.77. The fourth-order valence-corrected chi connectivity index (χ4v) is 8.12. The van der Waals surface area contributed by atoms with Gasteiger partial charge < -0.3 is 27.1 Å². The lowest BCUT2D eigenvalue weighted by atomic mass is 9.93. The first-order valence-corrected chi connectivity index (χ1v) is 16.6. The zero-order valence-electron chi connectivity index (χ0n) is 23.5. The molecule has 0 saturated carbocycles. The van der Waals surface area contributed by atoms with Gasteiger partial charge in [0.2, 0.25) is 0 Å². The Balaban J connectivity index is 0.818. The Morgan fingerprint density at radius 2 is 0.791 bits per heavy atom. The Kier molecular flexibility index (Phi) is 7.56. The van der Waals surface area contributed by atoms with Crippen LogP contribution in [0.25, 0.3) is 43.1 Å². The van der Waals surface area contributed by atoms with E-state index in [1.165, 1.54) is 43.1 Å². The molecule has 8 heteroatoms. The molecule has 0 aliphatic carbocycles. The van der Waals surface area contributed by atoms with Crippen molar-refractivity contribution in [3.63, 3.8) is 0 Å². The number of hydrogen-bond donors (Lipinski definition) is 0. The first-order valence-electron chi connectivity index (χ1n) is 14.4. The second-order valence-electron chi connectivity index (χ2n) is 11.3. The smallest absolute Gasteiger partial charge is 0.311 e. The van der Waals surface area contributed by atoms with Crippen molar-refractivity contribution in [2.45, 2.75) is 13.2 Å². The predicted octanol–water partition coefficient (Wildman–Crippen LogP) is 9.57. The third-order valence-electron chi connectivity index (χ3n) is 8.12. The molecule has 43 heavy (non-hydrogen) atoms. The van der Waals surface area contributed by atoms with Crippen LogP contribution in [0.3, 0.4) is 0 Å². The van der Waals surface area contributed by atoms with Gasteiger partial charge in [0.05, 0.1) is 45.1 Å². The summed E-state index contributed by atoms with van der Waals surface area (Å²) in [5.41, 5.74) is 1.83. The largest absolute Gasteiger partial charge is 0.333 e. The SMILES string of the molecule is c1ccc2cc3cc(COP4OCC5(CO4)COP(OCc4ccc6cc7ccccc7cc6c4)OC5)ccc3cc2c1. The number of rotatable bonds is 6. The maximum Gasteiger partial charge on any atom is 0.333 e. The minimum Gasteiger partial charge on any atom is -0.311 e. The second-order valence-corrected chi connectivity index (χ2v) is 13.8. The minimum atomic E-state index is -1.43. The van der Waals surface area contributed by atoms with Crippen molar-refractivity contribution in [3.05, 3.63) is 120 Å². The predicted molar refractivity (Wildman–Crippen MR) is 173 cm³/mol. The molecule has 6 aromatic rings. The molecule has 2 heterocycles. The van der Waals surface area contributed by atoms with Gasteiger partial charge in [0.1, 0.15) is 0 Å². The van der Waals surface area contributed by atoms with Crippen molar-refractivity contribution >= 4 is 60.3 Å². The van der Waals surface area contributed by atoms with E-state index in [1.807, 2.05) is 0 Å². The van der Waals surface area contributed by atoms with Crippen LogP contribution in [0.4, 0.5) is 0 Å². The molecule has 216 valence electrons. The molecule has 0 amide bonds. The van der Waals surface area contributed by atoms with Gasteiger partial charge in [-0.25, -0.2) is 0 Å². The van der Waals surface area contributed by atoms with Crippen LogP contribution in [0.15, 0.2) is 109 Å². The minimum absolute atomic E-state index is 0.349. The van der Waals surface area contributed by atoms with E-state index < -0.39 is 17.2 Å². The molecule has 0 unspecified atom stereocenters. The van der Waals surface area contributed by atoms with Crippen LogP contribution >= 0.6 is 17.2 Å². The van der Waals surface area contributed by atoms with E-state index in [2.05, 4.69) is 109 Å². The molecule has 0 radical (unpaired) electrons. The van der Waals surface area contributed by atoms with Gasteiger partial charge in [-0.2, -0.15) is 0 Å². The molecule has 0 atom stereocenters. The second kappa shape index (κ2) is 11.8. The average Bonchev–Trinajstić information content (AvgIpc) is 3.06. The third kappa shape index (κ3) is 5.91. The first-order chi connectivity index (χ1) is 21.2. The van der Waals surface area contributed by atoms with Crippen LogP contribution in [-0.2, 0) is 40.4 Å². The Labute approximate surface area is 252 Å². The summed E-state index contributed by atoms with van der Waals surface area (Å²) in [6, 6.07) is 38.6. The summed E-state index contributed by atoms with van der Waals surface area (Å²) in [5.74, 6) is 0. The summed E-state index contributed by atoms with van der Waals surface area (Å²) in [7, 11) is -2.86. The van der Waals surface area contributed by atoms with E-state index in [4.69, 9.17) is 27.1 Å². The van der Waals surface area contributed by atoms with Crippen molar-refractivity contribution in [1.82, 2.24) is 0 Å². The molecule has 0 bridgehead atoms. The van der Waals surface area contributed by atoms with Crippen molar-refractivity contribution in [2.24, 2.45) is 5.41 Å². The highest BCUT2D eigenvalue weighted by Crippen LogP contribution is 2.53. The van der Waals surface area contributed by atoms with Gasteiger partial charge in [0.15, 0.2) is 0 Å². The van der Waals surface area contributed by atoms with Crippen molar-refractivity contribution in [3.8, 4) is 0 Å². The summed E-state index contributed by atoms with van der Waals surface area (Å²) in [4.78, 5) is 0. The summed E-state index contributed by atoms with van der Waals surface area (Å²) in [6.07, 6.45) is 0. The molecule has 0 N–H and O–H groups in total. The van der Waals surface area contributed by atoms with Crippen LogP contribution in [0, 0.1) is 5.41 Å². The molecule has 2 fully saturated rings. The number of benzene rings is 6. The van der Waals surface area contributed by atoms with Crippen LogP contribution in [0.1, 0.15) is 11.1 Å². The van der Waals surface area contributed by atoms with Gasteiger partial charge in [-0.15, -0.1) is 0 Å². The molecule has 0 aromatic heterocycles. The zero-order valence-corrected chi connectivity index (χ0v) is 25.3. The van der Waals surface area contributed by atoms with Crippen LogP contribution in [0.2, 0.25) is 0 Å². The van der Waals surface area contributed by atoms with E-state index in [-0.39, 0.29) is 5.41 Å². The lowest BCUT2D eigenvalue weighted by Crippen LogP contribution is -2.44. The third-order valence-corrected chi connectivity index (χ3v) is 10.2. The zero-order chi connectivity index (χ0) is 28.6. The van der Waals surface area contributed by atoms with E-state index in [0.717, 1.165) is 11.1 Å². The van der Waals surface area contributed by atoms with E-state index >= 15 is 0 Å². The van der Waals surface area contributed by atoms with Gasteiger partial charge in [0, 0.05) is 0 Å². The number of fused-ring (bicyclic) bond motifs is 4. The maximum atomic E-state index is 6.02. The molecular formula is C35H30O6P2. The van der Waals surface area contributed by atoms with E-state index in [9.17, 15) is 0 Å². The molecule has 2 saturated heterocycles. The quantitative estimate of drug-likeness (QED) is 0.139. The Bertz CT molecular complexity index is 1780. The highest BCUT2D eigenvalue weighted by Gasteiger charge is 2.44. The fourth-order valence-electron chi connectivity index (χ4n) is 5.65. The molecule has 6 nitrogen and oxygen atoms in total. The topological polar surface area (TPSA) is 55.4 Å². The van der Waals surface area contributed by atoms with Gasteiger partial charge in [-0.05, 0) is 90.6 Å². The fraction of sp³-hybridized carbons (Fsp3) is 0.200. The maximum absolute atomic E-state index is 6.02. The molecule has 8 rings (SSSR count). The molecule has 6 aromatic carbocycles. The monoisotopic (exact) mass is 608 g/mol. The van der Waals surface area contributed by atoms with Crippen LogP contribution in [-0.4, -0.2) is 26.4 Å². The van der Waals surface area contributed by atoms with Crippen molar-refractivity contribution in [2.75, 3.05) is 26.4 Å². The highest BCUT2D eigenvalue weighted by atomic mass is 31.2. The van der Waals surface area contributed by atoms with Crippen LogP contribution < -0.4 is 0 Å². The lowest BCUT2D eigenvalue weighted by Gasteiger charge is -2.41. The van der Waals surface area contributed by atoms with Gasteiger partial charge in [-0.3, -0.25) is 0 Å². The first kappa shape index (κ1) is 27.5. The summed E-state index contributed by atoms with van der Waals surface area (Å²) >= 11 is 0. The summed E-state index contributed by atoms with van der Waals surface area (Å²) in [6.45, 7) is 2.71. The molecule has 1 spiro atoms. The Hall–Kier alpha value is -3.02. The Morgan fingerprint density at radius 3 is 1.19 bits per heavy atom.